The van der Waals surface area contributed by atoms with E-state index in [2.05, 4.69) is 51.0 Å². The van der Waals surface area contributed by atoms with Crippen molar-refractivity contribution < 1.29 is 4.74 Å². The molecule has 1 aromatic heterocycles. The minimum atomic E-state index is 0.667. The van der Waals surface area contributed by atoms with E-state index >= 15 is 0 Å². The largest absolute Gasteiger partial charge is 0.492 e. The second-order valence-corrected chi connectivity index (χ2v) is 5.29. The Morgan fingerprint density at radius 2 is 1.84 bits per heavy atom. The topological polar surface area (TPSA) is 14.2 Å². The maximum Gasteiger partial charge on any atom is 0.119 e. The monoisotopic (exact) mass is 315 g/mol. The van der Waals surface area contributed by atoms with E-state index in [1.807, 2.05) is 30.3 Å². The lowest BCUT2D eigenvalue weighted by molar-refractivity contribution is 0.300. The van der Waals surface area contributed by atoms with Crippen molar-refractivity contribution in [1.82, 2.24) is 4.57 Å². The van der Waals surface area contributed by atoms with E-state index in [1.54, 1.807) is 0 Å². The highest BCUT2D eigenvalue weighted by Crippen LogP contribution is 2.21. The molecule has 0 aliphatic carbocycles. The van der Waals surface area contributed by atoms with Crippen molar-refractivity contribution >= 4 is 26.8 Å². The van der Waals surface area contributed by atoms with Gasteiger partial charge in [0.15, 0.2) is 0 Å². The van der Waals surface area contributed by atoms with Gasteiger partial charge in [0.2, 0.25) is 0 Å². The van der Waals surface area contributed by atoms with Crippen molar-refractivity contribution in [2.45, 2.75) is 6.54 Å². The Kier molecular flexibility index (Phi) is 3.56. The van der Waals surface area contributed by atoms with Gasteiger partial charge in [-0.05, 0) is 35.7 Å². The number of hydrogen-bond acceptors (Lipinski definition) is 1. The van der Waals surface area contributed by atoms with Gasteiger partial charge in [0.25, 0.3) is 0 Å². The van der Waals surface area contributed by atoms with Crippen LogP contribution in [0.1, 0.15) is 0 Å². The summed E-state index contributed by atoms with van der Waals surface area (Å²) in [6, 6.07) is 18.4. The van der Waals surface area contributed by atoms with Crippen molar-refractivity contribution in [2.75, 3.05) is 6.61 Å². The first-order valence-electron chi connectivity index (χ1n) is 6.25. The molecule has 0 fully saturated rings. The molecule has 0 bridgehead atoms. The number of nitrogens with zero attached hydrogens (tertiary/aromatic N) is 1. The molecule has 3 heteroatoms. The van der Waals surface area contributed by atoms with Crippen LogP contribution in [0.25, 0.3) is 10.9 Å². The Balaban J connectivity index is 1.70. The molecule has 2 nitrogen and oxygen atoms in total. The Morgan fingerprint density at radius 1 is 1.00 bits per heavy atom. The van der Waals surface area contributed by atoms with Crippen LogP contribution in [0.4, 0.5) is 0 Å². The van der Waals surface area contributed by atoms with Crippen LogP contribution in [0, 0.1) is 0 Å². The van der Waals surface area contributed by atoms with E-state index in [4.69, 9.17) is 4.74 Å². The lowest BCUT2D eigenvalue weighted by Gasteiger charge is -2.08. The van der Waals surface area contributed by atoms with Gasteiger partial charge in [0.05, 0.1) is 6.54 Å². The van der Waals surface area contributed by atoms with Crippen LogP contribution in [0.5, 0.6) is 5.75 Å². The zero-order chi connectivity index (χ0) is 13.1. The number of rotatable bonds is 4. The third-order valence-electron chi connectivity index (χ3n) is 3.08. The molecular formula is C16H14BrNO. The number of benzene rings is 2. The molecule has 3 aromatic rings. The van der Waals surface area contributed by atoms with Gasteiger partial charge in [0, 0.05) is 16.2 Å². The van der Waals surface area contributed by atoms with Crippen LogP contribution in [-0.2, 0) is 6.54 Å². The van der Waals surface area contributed by atoms with Crippen LogP contribution in [-0.4, -0.2) is 11.2 Å². The highest BCUT2D eigenvalue weighted by atomic mass is 79.9. The minimum Gasteiger partial charge on any atom is -0.492 e. The molecular weight excluding hydrogens is 302 g/mol. The molecule has 0 saturated heterocycles. The molecule has 0 spiro atoms. The molecule has 0 atom stereocenters. The predicted molar refractivity (Wildman–Crippen MR) is 81.6 cm³/mol. The van der Waals surface area contributed by atoms with Crippen molar-refractivity contribution in [3.8, 4) is 5.75 Å². The molecule has 0 aliphatic rings. The molecule has 0 amide bonds. The second-order valence-electron chi connectivity index (χ2n) is 4.37. The van der Waals surface area contributed by atoms with Crippen molar-refractivity contribution in [3.63, 3.8) is 0 Å². The van der Waals surface area contributed by atoms with Crippen LogP contribution in [0.3, 0.4) is 0 Å². The zero-order valence-corrected chi connectivity index (χ0v) is 12.0. The molecule has 2 aromatic carbocycles. The van der Waals surface area contributed by atoms with Gasteiger partial charge in [-0.15, -0.1) is 0 Å². The first-order valence-corrected chi connectivity index (χ1v) is 7.04. The molecule has 0 aliphatic heterocycles. The van der Waals surface area contributed by atoms with Gasteiger partial charge in [-0.1, -0.05) is 40.2 Å². The predicted octanol–water partition coefficient (Wildman–Crippen LogP) is 4.48. The van der Waals surface area contributed by atoms with Crippen molar-refractivity contribution in [2.24, 2.45) is 0 Å². The summed E-state index contributed by atoms with van der Waals surface area (Å²) in [6.07, 6.45) is 2.10. The number of para-hydroxylation sites is 1. The van der Waals surface area contributed by atoms with Crippen LogP contribution in [0.15, 0.2) is 65.3 Å². The zero-order valence-electron chi connectivity index (χ0n) is 10.4. The van der Waals surface area contributed by atoms with Gasteiger partial charge < -0.3 is 9.30 Å². The summed E-state index contributed by atoms with van der Waals surface area (Å²) in [5.41, 5.74) is 1.23. The fraction of sp³-hybridized carbons (Fsp3) is 0.125. The Hall–Kier alpha value is -1.74. The molecule has 19 heavy (non-hydrogen) atoms. The summed E-state index contributed by atoms with van der Waals surface area (Å²) >= 11 is 3.51. The molecule has 96 valence electrons. The Labute approximate surface area is 120 Å². The fourth-order valence-electron chi connectivity index (χ4n) is 2.13. The summed E-state index contributed by atoms with van der Waals surface area (Å²) in [5, 5.41) is 1.25. The molecule has 0 saturated carbocycles. The van der Waals surface area contributed by atoms with E-state index < -0.39 is 0 Å². The maximum absolute atomic E-state index is 5.73. The summed E-state index contributed by atoms with van der Waals surface area (Å²) < 4.78 is 9.04. The number of hydrogen-bond donors (Lipinski definition) is 0. The van der Waals surface area contributed by atoms with Gasteiger partial charge in [-0.2, -0.15) is 0 Å². The molecule has 0 N–H and O–H groups in total. The van der Waals surface area contributed by atoms with E-state index in [0.29, 0.717) is 6.61 Å². The van der Waals surface area contributed by atoms with Gasteiger partial charge >= 0.3 is 0 Å². The standard InChI is InChI=1S/C16H14BrNO/c17-14-7-6-13-8-9-18(16(13)12-14)10-11-19-15-4-2-1-3-5-15/h1-9,12H,10-11H2. The van der Waals surface area contributed by atoms with Gasteiger partial charge in [-0.25, -0.2) is 0 Å². The Bertz CT molecular complexity index is 676. The quantitative estimate of drug-likeness (QED) is 0.692. The third kappa shape index (κ3) is 2.82. The van der Waals surface area contributed by atoms with E-state index in [9.17, 15) is 0 Å². The number of ether oxygens (including phenoxy) is 1. The second kappa shape index (κ2) is 5.49. The summed E-state index contributed by atoms with van der Waals surface area (Å²) in [5.74, 6) is 0.917. The highest BCUT2D eigenvalue weighted by molar-refractivity contribution is 9.10. The van der Waals surface area contributed by atoms with Gasteiger partial charge in [0.1, 0.15) is 12.4 Å². The van der Waals surface area contributed by atoms with Crippen LogP contribution in [0.2, 0.25) is 0 Å². The molecule has 0 radical (unpaired) electrons. The molecule has 3 rings (SSSR count). The lowest BCUT2D eigenvalue weighted by Crippen LogP contribution is -2.06. The highest BCUT2D eigenvalue weighted by Gasteiger charge is 2.01. The van der Waals surface area contributed by atoms with Crippen molar-refractivity contribution in [3.05, 3.63) is 65.3 Å². The summed E-state index contributed by atoms with van der Waals surface area (Å²) in [4.78, 5) is 0. The number of fused-ring (bicyclic) bond motifs is 1. The van der Waals surface area contributed by atoms with E-state index in [-0.39, 0.29) is 0 Å². The Morgan fingerprint density at radius 3 is 2.68 bits per heavy atom. The number of aromatic nitrogens is 1. The minimum absolute atomic E-state index is 0.667. The van der Waals surface area contributed by atoms with E-state index in [1.165, 1.54) is 10.9 Å². The average molecular weight is 316 g/mol. The smallest absolute Gasteiger partial charge is 0.119 e. The SMILES string of the molecule is Brc1ccc2ccn(CCOc3ccccc3)c2c1. The first-order chi connectivity index (χ1) is 9.33. The summed E-state index contributed by atoms with van der Waals surface area (Å²) in [7, 11) is 0. The third-order valence-corrected chi connectivity index (χ3v) is 3.57. The normalized spacial score (nSPS) is 10.8. The van der Waals surface area contributed by atoms with E-state index in [0.717, 1.165) is 16.8 Å². The fourth-order valence-corrected chi connectivity index (χ4v) is 2.48. The van der Waals surface area contributed by atoms with Gasteiger partial charge in [-0.3, -0.25) is 0 Å². The van der Waals surface area contributed by atoms with Crippen LogP contribution >= 0.6 is 15.9 Å². The molecule has 1 heterocycles. The van der Waals surface area contributed by atoms with Crippen LogP contribution < -0.4 is 4.74 Å². The summed E-state index contributed by atoms with van der Waals surface area (Å²) in [6.45, 7) is 1.51. The molecule has 0 unspecified atom stereocenters. The lowest BCUT2D eigenvalue weighted by atomic mass is 10.2. The first kappa shape index (κ1) is 12.3. The average Bonchev–Trinajstić information content (AvgIpc) is 2.83. The number of halogens is 1. The van der Waals surface area contributed by atoms with Crippen molar-refractivity contribution in [1.29, 1.82) is 0 Å². The maximum atomic E-state index is 5.73.